The number of ether oxygens (including phenoxy) is 1. The Hall–Kier alpha value is -2.40. The number of amides is 1. The van der Waals surface area contributed by atoms with Gasteiger partial charge in [-0.1, -0.05) is 37.1 Å². The first-order valence-electron chi connectivity index (χ1n) is 8.90. The Labute approximate surface area is 148 Å². The van der Waals surface area contributed by atoms with Gasteiger partial charge in [0, 0.05) is 18.8 Å². The van der Waals surface area contributed by atoms with Crippen LogP contribution >= 0.6 is 0 Å². The van der Waals surface area contributed by atoms with E-state index in [1.807, 2.05) is 30.3 Å². The third kappa shape index (κ3) is 4.37. The van der Waals surface area contributed by atoms with Gasteiger partial charge in [-0.05, 0) is 49.4 Å². The largest absolute Gasteiger partial charge is 0.421 e. The first-order chi connectivity index (χ1) is 12.3. The lowest BCUT2D eigenvalue weighted by atomic mass is 9.95. The number of fused-ring (bicyclic) bond motifs is 1. The van der Waals surface area contributed by atoms with Gasteiger partial charge in [-0.15, -0.1) is 0 Å². The monoisotopic (exact) mass is 340 g/mol. The van der Waals surface area contributed by atoms with Gasteiger partial charge in [-0.2, -0.15) is 0 Å². The minimum absolute atomic E-state index is 0.0808. The molecule has 0 radical (unpaired) electrons. The molecule has 25 heavy (non-hydrogen) atoms. The van der Waals surface area contributed by atoms with Crippen LogP contribution in [0.4, 0.5) is 10.6 Å². The van der Waals surface area contributed by atoms with E-state index in [9.17, 15) is 4.79 Å². The van der Waals surface area contributed by atoms with Gasteiger partial charge in [0.15, 0.2) is 0 Å². The van der Waals surface area contributed by atoms with Gasteiger partial charge < -0.3 is 9.84 Å². The van der Waals surface area contributed by atoms with Gasteiger partial charge in [0.2, 0.25) is 0 Å². The Bertz CT molecular complexity index is 690. The summed E-state index contributed by atoms with van der Waals surface area (Å²) in [6.07, 6.45) is 6.79. The van der Waals surface area contributed by atoms with Crippen molar-refractivity contribution in [2.75, 3.05) is 11.5 Å². The van der Waals surface area contributed by atoms with Gasteiger partial charge in [-0.25, -0.2) is 9.78 Å². The van der Waals surface area contributed by atoms with E-state index in [1.54, 1.807) is 23.2 Å². The van der Waals surface area contributed by atoms with Crippen molar-refractivity contribution in [2.45, 2.75) is 44.6 Å². The number of para-hydroxylation sites is 1. The molecule has 1 N–H and O–H groups in total. The van der Waals surface area contributed by atoms with Gasteiger partial charge in [-0.3, -0.25) is 4.90 Å². The number of pyridine rings is 1. The minimum atomic E-state index is -0.377. The molecule has 3 rings (SSSR count). The molecule has 1 aromatic carbocycles. The molecule has 2 heterocycles. The predicted molar refractivity (Wildman–Crippen MR) is 96.8 cm³/mol. The molecule has 2 aromatic rings. The first kappa shape index (κ1) is 17.4. The lowest BCUT2D eigenvalue weighted by molar-refractivity contribution is 0.202. The number of anilines is 1. The van der Waals surface area contributed by atoms with Gasteiger partial charge in [0.25, 0.3) is 0 Å². The summed E-state index contributed by atoms with van der Waals surface area (Å²) in [5.74, 6) is 1.25. The molecule has 1 aliphatic rings. The standard InChI is InChI=1S/C20H24N2O3/c23-15-6-2-3-9-17-13-12-16-8-7-14-21-19(16)22(17)20(24)25-18-10-4-1-5-11-18/h1,4-5,7-8,10-11,14,17,23H,2-3,6,9,12-13,15H2. The van der Waals surface area contributed by atoms with Crippen LogP contribution in [0.2, 0.25) is 0 Å². The first-order valence-corrected chi connectivity index (χ1v) is 8.90. The maximum atomic E-state index is 12.9. The number of aromatic nitrogens is 1. The third-order valence-corrected chi connectivity index (χ3v) is 4.55. The fourth-order valence-corrected chi connectivity index (χ4v) is 3.28. The van der Waals surface area contributed by atoms with E-state index < -0.39 is 0 Å². The maximum Gasteiger partial charge on any atom is 0.421 e. The van der Waals surface area contributed by atoms with Crippen LogP contribution in [-0.4, -0.2) is 28.8 Å². The smallest absolute Gasteiger partial charge is 0.410 e. The average molecular weight is 340 g/mol. The van der Waals surface area contributed by atoms with Crippen molar-refractivity contribution in [2.24, 2.45) is 0 Å². The van der Waals surface area contributed by atoms with E-state index in [1.165, 1.54) is 0 Å². The SMILES string of the molecule is O=C(Oc1ccccc1)N1c2ncccc2CCC1CCCCCO. The molecule has 1 atom stereocenters. The van der Waals surface area contributed by atoms with Crippen LogP contribution in [0.1, 0.15) is 37.7 Å². The van der Waals surface area contributed by atoms with E-state index in [4.69, 9.17) is 9.84 Å². The summed E-state index contributed by atoms with van der Waals surface area (Å²) in [4.78, 5) is 19.0. The Kier molecular flexibility index (Phi) is 6.01. The number of carbonyl (C=O) groups excluding carboxylic acids is 1. The van der Waals surface area contributed by atoms with Crippen LogP contribution in [0.3, 0.4) is 0 Å². The number of benzene rings is 1. The summed E-state index contributed by atoms with van der Waals surface area (Å²) in [5, 5.41) is 8.94. The number of nitrogens with zero attached hydrogens (tertiary/aromatic N) is 2. The number of aliphatic hydroxyl groups excluding tert-OH is 1. The number of rotatable bonds is 6. The summed E-state index contributed by atoms with van der Waals surface area (Å²) >= 11 is 0. The van der Waals surface area contributed by atoms with Crippen molar-refractivity contribution >= 4 is 11.9 Å². The van der Waals surface area contributed by atoms with Crippen LogP contribution in [-0.2, 0) is 6.42 Å². The van der Waals surface area contributed by atoms with E-state index in [2.05, 4.69) is 4.98 Å². The molecule has 1 amide bonds. The number of hydrogen-bond acceptors (Lipinski definition) is 4. The molecule has 1 unspecified atom stereocenters. The molecule has 0 saturated carbocycles. The van der Waals surface area contributed by atoms with E-state index in [0.29, 0.717) is 11.6 Å². The fourth-order valence-electron chi connectivity index (χ4n) is 3.28. The van der Waals surface area contributed by atoms with Crippen molar-refractivity contribution < 1.29 is 14.6 Å². The molecule has 0 saturated heterocycles. The van der Waals surface area contributed by atoms with E-state index in [-0.39, 0.29) is 18.7 Å². The van der Waals surface area contributed by atoms with Crippen LogP contribution in [0.25, 0.3) is 0 Å². The topological polar surface area (TPSA) is 62.7 Å². The maximum absolute atomic E-state index is 12.9. The molecule has 0 spiro atoms. The highest BCUT2D eigenvalue weighted by Gasteiger charge is 2.33. The van der Waals surface area contributed by atoms with Crippen LogP contribution < -0.4 is 9.64 Å². The summed E-state index contributed by atoms with van der Waals surface area (Å²) in [7, 11) is 0. The molecule has 0 bridgehead atoms. The van der Waals surface area contributed by atoms with E-state index >= 15 is 0 Å². The van der Waals surface area contributed by atoms with Crippen molar-refractivity contribution in [3.63, 3.8) is 0 Å². The second-order valence-electron chi connectivity index (χ2n) is 6.30. The lowest BCUT2D eigenvalue weighted by Crippen LogP contribution is -2.45. The third-order valence-electron chi connectivity index (χ3n) is 4.55. The van der Waals surface area contributed by atoms with Crippen molar-refractivity contribution in [1.82, 2.24) is 4.98 Å². The second-order valence-corrected chi connectivity index (χ2v) is 6.30. The summed E-state index contributed by atoms with van der Waals surface area (Å²) in [6.45, 7) is 0.217. The number of hydrogen-bond donors (Lipinski definition) is 1. The van der Waals surface area contributed by atoms with Crippen molar-refractivity contribution in [1.29, 1.82) is 0 Å². The minimum Gasteiger partial charge on any atom is -0.410 e. The number of unbranched alkanes of at least 4 members (excludes halogenated alkanes) is 2. The second kappa shape index (κ2) is 8.62. The molecule has 5 heteroatoms. The highest BCUT2D eigenvalue weighted by molar-refractivity contribution is 5.90. The highest BCUT2D eigenvalue weighted by Crippen LogP contribution is 2.31. The molecule has 5 nitrogen and oxygen atoms in total. The number of carbonyl (C=O) groups is 1. The Balaban J connectivity index is 1.77. The van der Waals surface area contributed by atoms with Crippen LogP contribution in [0.15, 0.2) is 48.7 Å². The molecule has 1 aliphatic heterocycles. The molecule has 0 fully saturated rings. The predicted octanol–water partition coefficient (Wildman–Crippen LogP) is 3.95. The van der Waals surface area contributed by atoms with Crippen LogP contribution in [0, 0.1) is 0 Å². The molecule has 1 aromatic heterocycles. The summed E-state index contributed by atoms with van der Waals surface area (Å²) < 4.78 is 5.58. The highest BCUT2D eigenvalue weighted by atomic mass is 16.6. The fraction of sp³-hybridized carbons (Fsp3) is 0.400. The number of aliphatic hydroxyl groups is 1. The Morgan fingerprint density at radius 2 is 2.00 bits per heavy atom. The van der Waals surface area contributed by atoms with Crippen molar-refractivity contribution in [3.8, 4) is 5.75 Å². The molecule has 132 valence electrons. The Morgan fingerprint density at radius 1 is 1.16 bits per heavy atom. The Morgan fingerprint density at radius 3 is 2.80 bits per heavy atom. The average Bonchev–Trinajstić information content (AvgIpc) is 2.65. The zero-order valence-electron chi connectivity index (χ0n) is 14.3. The molecule has 0 aliphatic carbocycles. The van der Waals surface area contributed by atoms with Gasteiger partial charge in [0.05, 0.1) is 0 Å². The summed E-state index contributed by atoms with van der Waals surface area (Å²) in [5.41, 5.74) is 1.08. The van der Waals surface area contributed by atoms with E-state index in [0.717, 1.165) is 44.1 Å². The molecular weight excluding hydrogens is 316 g/mol. The number of aryl methyl sites for hydroxylation is 1. The van der Waals surface area contributed by atoms with Gasteiger partial charge >= 0.3 is 6.09 Å². The summed E-state index contributed by atoms with van der Waals surface area (Å²) in [6, 6.07) is 13.1. The quantitative estimate of drug-likeness (QED) is 0.809. The zero-order chi connectivity index (χ0) is 17.5. The lowest BCUT2D eigenvalue weighted by Gasteiger charge is -2.35. The van der Waals surface area contributed by atoms with Crippen LogP contribution in [0.5, 0.6) is 5.75 Å². The normalized spacial score (nSPS) is 16.4. The van der Waals surface area contributed by atoms with Crippen molar-refractivity contribution in [3.05, 3.63) is 54.2 Å². The molecular formula is C20H24N2O3. The van der Waals surface area contributed by atoms with Gasteiger partial charge in [0.1, 0.15) is 11.6 Å². The zero-order valence-corrected chi connectivity index (χ0v) is 14.3.